The summed E-state index contributed by atoms with van der Waals surface area (Å²) in [4.78, 5) is 4.17. The Morgan fingerprint density at radius 2 is 1.83 bits per heavy atom. The van der Waals surface area contributed by atoms with E-state index in [1.165, 1.54) is 0 Å². The van der Waals surface area contributed by atoms with E-state index in [4.69, 9.17) is 40.5 Å². The molecule has 8 heteroatoms. The van der Waals surface area contributed by atoms with E-state index in [9.17, 15) is 0 Å². The summed E-state index contributed by atoms with van der Waals surface area (Å²) in [6.07, 6.45) is 1.63. The van der Waals surface area contributed by atoms with Crippen molar-refractivity contribution in [3.05, 3.63) is 66.2 Å². The van der Waals surface area contributed by atoms with Gasteiger partial charge in [0.2, 0.25) is 5.96 Å². The van der Waals surface area contributed by atoms with Crippen molar-refractivity contribution >= 4 is 69.6 Å². The van der Waals surface area contributed by atoms with Crippen LogP contribution in [-0.4, -0.2) is 12.2 Å². The van der Waals surface area contributed by atoms with Gasteiger partial charge < -0.3 is 5.73 Å². The molecule has 2 rings (SSSR count). The smallest absolute Gasteiger partial charge is 0.209 e. The second-order valence-electron chi connectivity index (χ2n) is 4.43. The van der Waals surface area contributed by atoms with Crippen LogP contribution in [0, 0.1) is 3.57 Å². The fourth-order valence-electron chi connectivity index (χ4n) is 1.66. The molecule has 0 saturated heterocycles. The van der Waals surface area contributed by atoms with Crippen LogP contribution in [0.15, 0.2) is 46.5 Å². The summed E-state index contributed by atoms with van der Waals surface area (Å²) in [7, 11) is 0. The first-order chi connectivity index (χ1) is 11.0. The Bertz CT molecular complexity index is 762. The number of halogens is 4. The van der Waals surface area contributed by atoms with Crippen molar-refractivity contribution in [3.8, 4) is 0 Å². The predicted molar refractivity (Wildman–Crippen MR) is 107 cm³/mol. The molecule has 0 aliphatic rings. The number of hydrogen-bond donors (Lipinski definition) is 2. The highest BCUT2D eigenvalue weighted by Gasteiger charge is 2.03. The molecule has 0 radical (unpaired) electrons. The van der Waals surface area contributed by atoms with Gasteiger partial charge in [0.05, 0.1) is 27.8 Å². The molecule has 0 saturated carbocycles. The van der Waals surface area contributed by atoms with E-state index in [1.807, 2.05) is 30.3 Å². The Hall–Kier alpha value is -1.02. The normalized spacial score (nSPS) is 11.9. The molecule has 0 atom stereocenters. The first-order valence-corrected chi connectivity index (χ1v) is 8.66. The zero-order valence-corrected chi connectivity index (χ0v) is 16.2. The van der Waals surface area contributed by atoms with Gasteiger partial charge in [0, 0.05) is 9.13 Å². The van der Waals surface area contributed by atoms with Gasteiger partial charge in [-0.05, 0) is 40.3 Å². The molecular weight excluding hydrogens is 469 g/mol. The number of rotatable bonds is 4. The Morgan fingerprint density at radius 3 is 2.61 bits per heavy atom. The highest BCUT2D eigenvalue weighted by molar-refractivity contribution is 14.1. The minimum absolute atomic E-state index is 0.175. The van der Waals surface area contributed by atoms with Gasteiger partial charge in [-0.15, -0.1) is 0 Å². The quantitative estimate of drug-likeness (QED) is 0.288. The van der Waals surface area contributed by atoms with E-state index in [2.05, 4.69) is 38.1 Å². The minimum Gasteiger partial charge on any atom is -0.369 e. The zero-order valence-electron chi connectivity index (χ0n) is 11.7. The van der Waals surface area contributed by atoms with Crippen LogP contribution in [0.2, 0.25) is 15.1 Å². The molecule has 0 aliphatic heterocycles. The lowest BCUT2D eigenvalue weighted by molar-refractivity contribution is 0.963. The number of hydrogen-bond acceptors (Lipinski definition) is 2. The third-order valence-corrected chi connectivity index (χ3v) is 5.51. The van der Waals surface area contributed by atoms with E-state index < -0.39 is 0 Å². The van der Waals surface area contributed by atoms with Crippen molar-refractivity contribution in [2.75, 3.05) is 0 Å². The topological polar surface area (TPSA) is 62.8 Å². The second kappa shape index (κ2) is 8.73. The summed E-state index contributed by atoms with van der Waals surface area (Å²) in [6, 6.07) is 10.9. The summed E-state index contributed by atoms with van der Waals surface area (Å²) < 4.78 is 0.915. The zero-order chi connectivity index (χ0) is 16.8. The van der Waals surface area contributed by atoms with Gasteiger partial charge >= 0.3 is 0 Å². The Labute approximate surface area is 162 Å². The van der Waals surface area contributed by atoms with Crippen LogP contribution in [0.5, 0.6) is 0 Å². The molecule has 0 bridgehead atoms. The molecule has 0 aromatic heterocycles. The Kier molecular flexibility index (Phi) is 6.95. The highest BCUT2D eigenvalue weighted by Crippen LogP contribution is 2.25. The van der Waals surface area contributed by atoms with Crippen LogP contribution >= 0.6 is 57.4 Å². The molecule has 2 aromatic carbocycles. The maximum absolute atomic E-state index is 6.09. The molecule has 120 valence electrons. The fraction of sp³-hybridized carbons (Fsp3) is 0.0667. The lowest BCUT2D eigenvalue weighted by Gasteiger charge is -2.04. The highest BCUT2D eigenvalue weighted by atomic mass is 127. The molecule has 0 spiro atoms. The molecular formula is C15H12Cl3IN4. The van der Waals surface area contributed by atoms with Crippen molar-refractivity contribution in [1.82, 2.24) is 5.43 Å². The molecule has 0 aliphatic carbocycles. The van der Waals surface area contributed by atoms with Crippen LogP contribution in [0.3, 0.4) is 0 Å². The lowest BCUT2D eigenvalue weighted by Crippen LogP contribution is -2.27. The monoisotopic (exact) mass is 480 g/mol. The van der Waals surface area contributed by atoms with Gasteiger partial charge in [-0.1, -0.05) is 59.1 Å². The molecule has 0 heterocycles. The van der Waals surface area contributed by atoms with Crippen LogP contribution in [-0.2, 0) is 6.54 Å². The van der Waals surface area contributed by atoms with Crippen molar-refractivity contribution in [2.24, 2.45) is 15.8 Å². The van der Waals surface area contributed by atoms with Crippen molar-refractivity contribution in [3.63, 3.8) is 0 Å². The maximum Gasteiger partial charge on any atom is 0.209 e. The van der Waals surface area contributed by atoms with Crippen molar-refractivity contribution in [2.45, 2.75) is 6.54 Å². The van der Waals surface area contributed by atoms with Crippen LogP contribution in [0.4, 0.5) is 0 Å². The number of nitrogens with one attached hydrogen (secondary N) is 1. The van der Waals surface area contributed by atoms with Crippen molar-refractivity contribution in [1.29, 1.82) is 0 Å². The van der Waals surface area contributed by atoms with Crippen LogP contribution in [0.1, 0.15) is 11.1 Å². The molecule has 4 nitrogen and oxygen atoms in total. The molecule has 23 heavy (non-hydrogen) atoms. The summed E-state index contributed by atoms with van der Waals surface area (Å²) in [5.74, 6) is 0.175. The Morgan fingerprint density at radius 1 is 1.13 bits per heavy atom. The van der Waals surface area contributed by atoms with E-state index in [0.29, 0.717) is 21.6 Å². The minimum atomic E-state index is 0.175. The summed E-state index contributed by atoms with van der Waals surface area (Å²) >= 11 is 20.2. The SMILES string of the molecule is NC(=NCc1cccc(Cl)c1Cl)NN=Cc1cccc(Cl)c1I. The lowest BCUT2D eigenvalue weighted by atomic mass is 10.2. The van der Waals surface area contributed by atoms with E-state index in [0.717, 1.165) is 14.7 Å². The standard InChI is InChI=1S/C15H12Cl3IN4/c16-11-5-1-3-9(13(11)18)7-21-15(20)23-22-8-10-4-2-6-12(17)14(10)19/h1-6,8H,7H2,(H3,20,21,23). The third kappa shape index (κ3) is 5.24. The average molecular weight is 482 g/mol. The van der Waals surface area contributed by atoms with Crippen molar-refractivity contribution < 1.29 is 0 Å². The van der Waals surface area contributed by atoms with Crippen LogP contribution in [0.25, 0.3) is 0 Å². The van der Waals surface area contributed by atoms with E-state index in [1.54, 1.807) is 12.3 Å². The molecule has 3 N–H and O–H groups in total. The number of hydrazone groups is 1. The first-order valence-electron chi connectivity index (χ1n) is 6.45. The molecule has 0 amide bonds. The average Bonchev–Trinajstić information content (AvgIpc) is 2.53. The van der Waals surface area contributed by atoms with Crippen LogP contribution < -0.4 is 11.2 Å². The second-order valence-corrected chi connectivity index (χ2v) is 6.70. The molecule has 0 fully saturated rings. The summed E-state index contributed by atoms with van der Waals surface area (Å²) in [5, 5.41) is 5.68. The van der Waals surface area contributed by atoms with Gasteiger partial charge in [0.15, 0.2) is 0 Å². The summed E-state index contributed by atoms with van der Waals surface area (Å²) in [6.45, 7) is 0.308. The predicted octanol–water partition coefficient (Wildman–Crippen LogP) is 4.69. The van der Waals surface area contributed by atoms with Gasteiger partial charge in [-0.3, -0.25) is 0 Å². The Balaban J connectivity index is 1.99. The van der Waals surface area contributed by atoms with Gasteiger partial charge in [0.1, 0.15) is 0 Å². The van der Waals surface area contributed by atoms with E-state index >= 15 is 0 Å². The molecule has 2 aromatic rings. The number of guanidine groups is 1. The number of nitrogens with two attached hydrogens (primary N) is 1. The largest absolute Gasteiger partial charge is 0.369 e. The van der Waals surface area contributed by atoms with Gasteiger partial charge in [-0.25, -0.2) is 10.4 Å². The first kappa shape index (κ1) is 18.3. The molecule has 0 unspecified atom stereocenters. The van der Waals surface area contributed by atoms with Gasteiger partial charge in [-0.2, -0.15) is 5.10 Å². The van der Waals surface area contributed by atoms with E-state index in [-0.39, 0.29) is 5.96 Å². The third-order valence-electron chi connectivity index (χ3n) is 2.82. The number of nitrogens with zero attached hydrogens (tertiary/aromatic N) is 2. The number of aliphatic imine (C=N–C) groups is 1. The van der Waals surface area contributed by atoms with Gasteiger partial charge in [0.25, 0.3) is 0 Å². The summed E-state index contributed by atoms with van der Waals surface area (Å²) in [5.41, 5.74) is 10.1. The maximum atomic E-state index is 6.09. The number of benzene rings is 2. The fourth-order valence-corrected chi connectivity index (χ4v) is 2.72.